The predicted octanol–water partition coefficient (Wildman–Crippen LogP) is -1.78. The van der Waals surface area contributed by atoms with Crippen molar-refractivity contribution in [3.8, 4) is 0 Å². The number of amides is 4. The Bertz CT molecular complexity index is 495. The van der Waals surface area contributed by atoms with Crippen LogP contribution in [-0.2, 0) is 19.2 Å². The normalized spacial score (nSPS) is 26.9. The molecule has 0 aromatic carbocycles. The van der Waals surface area contributed by atoms with Crippen molar-refractivity contribution in [2.45, 2.75) is 31.2 Å². The van der Waals surface area contributed by atoms with E-state index >= 15 is 0 Å². The number of nitrogens with zero attached hydrogens (tertiary/aromatic N) is 2. The number of piperazine rings is 2. The third-order valence-electron chi connectivity index (χ3n) is 4.68. The van der Waals surface area contributed by atoms with Crippen molar-refractivity contribution in [1.29, 1.82) is 0 Å². The Morgan fingerprint density at radius 1 is 0.773 bits per heavy atom. The van der Waals surface area contributed by atoms with Crippen molar-refractivity contribution >= 4 is 23.6 Å². The molecule has 22 heavy (non-hydrogen) atoms. The van der Waals surface area contributed by atoms with Crippen molar-refractivity contribution in [3.63, 3.8) is 0 Å². The Kier molecular flexibility index (Phi) is 3.96. The highest BCUT2D eigenvalue weighted by Crippen LogP contribution is 2.36. The first kappa shape index (κ1) is 15.1. The Labute approximate surface area is 128 Å². The summed E-state index contributed by atoms with van der Waals surface area (Å²) in [6.07, 6.45) is 3.81. The summed E-state index contributed by atoms with van der Waals surface area (Å²) < 4.78 is 0. The van der Waals surface area contributed by atoms with E-state index in [0.29, 0.717) is 6.54 Å². The lowest BCUT2D eigenvalue weighted by molar-refractivity contribution is -0.143. The van der Waals surface area contributed by atoms with E-state index in [-0.39, 0.29) is 55.3 Å². The van der Waals surface area contributed by atoms with Crippen LogP contribution < -0.4 is 10.6 Å². The molecule has 4 amide bonds. The van der Waals surface area contributed by atoms with Gasteiger partial charge in [-0.2, -0.15) is 0 Å². The number of hydrogen-bond acceptors (Lipinski definition) is 6. The second-order valence-electron chi connectivity index (χ2n) is 6.38. The van der Waals surface area contributed by atoms with Crippen LogP contribution in [0.25, 0.3) is 0 Å². The molecule has 2 heterocycles. The van der Waals surface area contributed by atoms with Crippen molar-refractivity contribution in [2.24, 2.45) is 0 Å². The van der Waals surface area contributed by atoms with Gasteiger partial charge in [-0.1, -0.05) is 12.8 Å². The molecule has 0 aromatic rings. The quantitative estimate of drug-likeness (QED) is 0.598. The first-order valence-electron chi connectivity index (χ1n) is 7.60. The Morgan fingerprint density at radius 3 is 1.73 bits per heavy atom. The van der Waals surface area contributed by atoms with Gasteiger partial charge in [-0.05, 0) is 12.8 Å². The van der Waals surface area contributed by atoms with E-state index in [9.17, 15) is 19.2 Å². The number of imide groups is 2. The molecule has 2 saturated heterocycles. The van der Waals surface area contributed by atoms with Gasteiger partial charge in [0.15, 0.2) is 0 Å². The van der Waals surface area contributed by atoms with Gasteiger partial charge in [-0.15, -0.1) is 0 Å². The minimum atomic E-state index is -0.300. The molecule has 1 saturated carbocycles. The molecule has 2 N–H and O–H groups in total. The topological polar surface area (TPSA) is 98.8 Å². The summed E-state index contributed by atoms with van der Waals surface area (Å²) in [6.45, 7) is 1.29. The lowest BCUT2D eigenvalue weighted by Gasteiger charge is -2.45. The van der Waals surface area contributed by atoms with E-state index in [1.807, 2.05) is 9.80 Å². The van der Waals surface area contributed by atoms with Crippen LogP contribution in [0.15, 0.2) is 0 Å². The van der Waals surface area contributed by atoms with Gasteiger partial charge in [0.2, 0.25) is 23.6 Å². The number of hydrogen-bond donors (Lipinski definition) is 2. The lowest BCUT2D eigenvalue weighted by atomic mass is 9.92. The predicted molar refractivity (Wildman–Crippen MR) is 75.5 cm³/mol. The highest BCUT2D eigenvalue weighted by atomic mass is 16.2. The molecule has 0 spiro atoms. The molecule has 2 aliphatic heterocycles. The first-order valence-corrected chi connectivity index (χ1v) is 7.60. The summed E-state index contributed by atoms with van der Waals surface area (Å²) >= 11 is 0. The van der Waals surface area contributed by atoms with Crippen LogP contribution >= 0.6 is 0 Å². The Hall–Kier alpha value is -1.80. The number of carbonyl (C=O) groups is 4. The van der Waals surface area contributed by atoms with Crippen molar-refractivity contribution in [3.05, 3.63) is 0 Å². The van der Waals surface area contributed by atoms with E-state index in [2.05, 4.69) is 10.6 Å². The average molecular weight is 308 g/mol. The molecule has 0 aromatic heterocycles. The molecule has 3 fully saturated rings. The number of carbonyl (C=O) groups excluding carboxylic acids is 4. The highest BCUT2D eigenvalue weighted by Gasteiger charge is 2.44. The lowest BCUT2D eigenvalue weighted by Crippen LogP contribution is -2.64. The van der Waals surface area contributed by atoms with Gasteiger partial charge in [0.25, 0.3) is 0 Å². The summed E-state index contributed by atoms with van der Waals surface area (Å²) in [7, 11) is 0. The van der Waals surface area contributed by atoms with Crippen LogP contribution in [-0.4, -0.2) is 71.7 Å². The second-order valence-corrected chi connectivity index (χ2v) is 6.38. The average Bonchev–Trinajstić information content (AvgIpc) is 2.86. The molecule has 3 aliphatic rings. The minimum Gasteiger partial charge on any atom is -0.294 e. The fourth-order valence-electron chi connectivity index (χ4n) is 3.80. The third-order valence-corrected chi connectivity index (χ3v) is 4.68. The number of rotatable bonds is 3. The van der Waals surface area contributed by atoms with Gasteiger partial charge in [-0.25, -0.2) is 0 Å². The largest absolute Gasteiger partial charge is 0.294 e. The molecular formula is C14H20N4O4. The fraction of sp³-hybridized carbons (Fsp3) is 0.714. The van der Waals surface area contributed by atoms with E-state index in [1.165, 1.54) is 0 Å². The molecule has 8 heteroatoms. The fourth-order valence-corrected chi connectivity index (χ4v) is 3.80. The maximum Gasteiger partial charge on any atom is 0.240 e. The summed E-state index contributed by atoms with van der Waals surface area (Å²) in [5.74, 6) is -1.15. The van der Waals surface area contributed by atoms with Crippen LogP contribution in [0.4, 0.5) is 0 Å². The second kappa shape index (κ2) is 5.77. The Morgan fingerprint density at radius 2 is 1.23 bits per heavy atom. The van der Waals surface area contributed by atoms with Crippen molar-refractivity contribution < 1.29 is 19.2 Å². The molecule has 0 unspecified atom stereocenters. The Balaban J connectivity index is 1.76. The number of nitrogens with one attached hydrogen (secondary N) is 2. The summed E-state index contributed by atoms with van der Waals surface area (Å²) in [5.41, 5.74) is -0.300. The van der Waals surface area contributed by atoms with E-state index in [4.69, 9.17) is 0 Å². The van der Waals surface area contributed by atoms with Gasteiger partial charge in [-0.3, -0.25) is 39.6 Å². The van der Waals surface area contributed by atoms with Crippen LogP contribution in [0.1, 0.15) is 25.7 Å². The maximum atomic E-state index is 11.7. The summed E-state index contributed by atoms with van der Waals surface area (Å²) in [4.78, 5) is 50.2. The summed E-state index contributed by atoms with van der Waals surface area (Å²) in [6, 6.07) is 0. The zero-order valence-electron chi connectivity index (χ0n) is 12.4. The van der Waals surface area contributed by atoms with Crippen molar-refractivity contribution in [2.75, 3.05) is 32.7 Å². The van der Waals surface area contributed by atoms with Gasteiger partial charge in [0.1, 0.15) is 0 Å². The molecule has 3 rings (SSSR count). The SMILES string of the molecule is O=C1CN(CC2(N3CC(=O)NC(=O)C3)CCCC2)CC(=O)N1. The standard InChI is InChI=1S/C14H20N4O4/c19-10-5-17(6-11(20)15-10)9-14(3-1-2-4-14)18-7-12(21)16-13(22)8-18/h1-9H2,(H,15,19,20)(H,16,21,22). The van der Waals surface area contributed by atoms with Crippen LogP contribution in [0.5, 0.6) is 0 Å². The maximum absolute atomic E-state index is 11.7. The highest BCUT2D eigenvalue weighted by molar-refractivity contribution is 6.00. The van der Waals surface area contributed by atoms with E-state index in [1.54, 1.807) is 0 Å². The van der Waals surface area contributed by atoms with Gasteiger partial charge >= 0.3 is 0 Å². The smallest absolute Gasteiger partial charge is 0.240 e. The van der Waals surface area contributed by atoms with Gasteiger partial charge < -0.3 is 0 Å². The van der Waals surface area contributed by atoms with Gasteiger partial charge in [0, 0.05) is 12.1 Å². The molecule has 0 radical (unpaired) electrons. The van der Waals surface area contributed by atoms with Gasteiger partial charge in [0.05, 0.1) is 26.2 Å². The van der Waals surface area contributed by atoms with Crippen LogP contribution in [0.2, 0.25) is 0 Å². The molecule has 120 valence electrons. The minimum absolute atomic E-state index is 0.182. The molecule has 1 aliphatic carbocycles. The molecule has 8 nitrogen and oxygen atoms in total. The third kappa shape index (κ3) is 3.02. The van der Waals surface area contributed by atoms with E-state index in [0.717, 1.165) is 25.7 Å². The summed E-state index contributed by atoms with van der Waals surface area (Å²) in [5, 5.41) is 4.61. The zero-order chi connectivity index (χ0) is 15.7. The van der Waals surface area contributed by atoms with Crippen LogP contribution in [0.3, 0.4) is 0 Å². The molecule has 0 bridgehead atoms. The molecular weight excluding hydrogens is 288 g/mol. The zero-order valence-corrected chi connectivity index (χ0v) is 12.4. The monoisotopic (exact) mass is 308 g/mol. The van der Waals surface area contributed by atoms with E-state index < -0.39 is 0 Å². The van der Waals surface area contributed by atoms with Crippen molar-refractivity contribution in [1.82, 2.24) is 20.4 Å². The van der Waals surface area contributed by atoms with Crippen LogP contribution in [0, 0.1) is 0 Å². The molecule has 0 atom stereocenters. The first-order chi connectivity index (χ1) is 10.5.